The van der Waals surface area contributed by atoms with E-state index >= 15 is 0 Å². The van der Waals surface area contributed by atoms with Crippen molar-refractivity contribution < 1.29 is 9.90 Å². The Kier molecular flexibility index (Phi) is 4.74. The number of carbonyl (C=O) groups is 1. The second-order valence-corrected chi connectivity index (χ2v) is 6.07. The van der Waals surface area contributed by atoms with E-state index in [1.807, 2.05) is 37.4 Å². The maximum absolute atomic E-state index is 12.5. The average molecular weight is 310 g/mol. The standard InChI is InChI=1S/C19H22N2O2/c1-21(19(23)18-11-16(22)12-20-18)13-15-9-5-6-10-17(15)14-7-3-2-4-8-14/h2-10,16,18,20,22H,11-13H2,1H3. The van der Waals surface area contributed by atoms with Gasteiger partial charge < -0.3 is 15.3 Å². The summed E-state index contributed by atoms with van der Waals surface area (Å²) in [6.07, 6.45) is 0.0673. The van der Waals surface area contributed by atoms with Crippen molar-refractivity contribution in [1.82, 2.24) is 10.2 Å². The van der Waals surface area contributed by atoms with Crippen LogP contribution in [0.4, 0.5) is 0 Å². The first-order valence-corrected chi connectivity index (χ1v) is 7.95. The zero-order chi connectivity index (χ0) is 16.2. The van der Waals surface area contributed by atoms with Gasteiger partial charge in [0.1, 0.15) is 0 Å². The van der Waals surface area contributed by atoms with Gasteiger partial charge in [0.15, 0.2) is 0 Å². The van der Waals surface area contributed by atoms with E-state index in [2.05, 4.69) is 29.6 Å². The molecule has 1 aliphatic heterocycles. The van der Waals surface area contributed by atoms with Crippen molar-refractivity contribution >= 4 is 5.91 Å². The zero-order valence-corrected chi connectivity index (χ0v) is 13.3. The summed E-state index contributed by atoms with van der Waals surface area (Å²) >= 11 is 0. The van der Waals surface area contributed by atoms with Crippen LogP contribution in [0.25, 0.3) is 11.1 Å². The van der Waals surface area contributed by atoms with Crippen LogP contribution in [-0.2, 0) is 11.3 Å². The number of aliphatic hydroxyl groups is 1. The predicted molar refractivity (Wildman–Crippen MR) is 90.8 cm³/mol. The molecule has 2 aromatic rings. The molecule has 0 spiro atoms. The van der Waals surface area contributed by atoms with Crippen LogP contribution in [0.5, 0.6) is 0 Å². The van der Waals surface area contributed by atoms with E-state index in [9.17, 15) is 9.90 Å². The van der Waals surface area contributed by atoms with E-state index in [4.69, 9.17) is 0 Å². The van der Waals surface area contributed by atoms with E-state index in [1.54, 1.807) is 4.90 Å². The molecule has 2 unspecified atom stereocenters. The van der Waals surface area contributed by atoms with E-state index in [0.29, 0.717) is 19.5 Å². The number of nitrogens with one attached hydrogen (secondary N) is 1. The summed E-state index contributed by atoms with van der Waals surface area (Å²) in [5, 5.41) is 12.7. The Bertz CT molecular complexity index is 672. The van der Waals surface area contributed by atoms with Crippen LogP contribution in [0.2, 0.25) is 0 Å². The van der Waals surface area contributed by atoms with Crippen LogP contribution in [0.3, 0.4) is 0 Å². The van der Waals surface area contributed by atoms with Gasteiger partial charge in [-0.15, -0.1) is 0 Å². The lowest BCUT2D eigenvalue weighted by Gasteiger charge is -2.22. The molecular formula is C19H22N2O2. The Morgan fingerprint density at radius 3 is 2.57 bits per heavy atom. The number of hydrogen-bond acceptors (Lipinski definition) is 3. The van der Waals surface area contributed by atoms with Gasteiger partial charge in [0.2, 0.25) is 5.91 Å². The van der Waals surface area contributed by atoms with Gasteiger partial charge in [0.05, 0.1) is 12.1 Å². The first-order chi connectivity index (χ1) is 11.1. The number of β-amino-alcohol motifs (C(OH)–C–C–N with tert-alkyl or cyclic N) is 1. The van der Waals surface area contributed by atoms with Gasteiger partial charge in [0, 0.05) is 20.1 Å². The Hall–Kier alpha value is -2.17. The van der Waals surface area contributed by atoms with Gasteiger partial charge in [-0.25, -0.2) is 0 Å². The quantitative estimate of drug-likeness (QED) is 0.908. The lowest BCUT2D eigenvalue weighted by molar-refractivity contribution is -0.132. The highest BCUT2D eigenvalue weighted by molar-refractivity contribution is 5.82. The van der Waals surface area contributed by atoms with Gasteiger partial charge in [-0.3, -0.25) is 4.79 Å². The molecule has 23 heavy (non-hydrogen) atoms. The number of carbonyl (C=O) groups excluding carboxylic acids is 1. The van der Waals surface area contributed by atoms with E-state index in [1.165, 1.54) is 0 Å². The van der Waals surface area contributed by atoms with Gasteiger partial charge >= 0.3 is 0 Å². The summed E-state index contributed by atoms with van der Waals surface area (Å²) in [7, 11) is 1.82. The van der Waals surface area contributed by atoms with Gasteiger partial charge in [0.25, 0.3) is 0 Å². The minimum Gasteiger partial charge on any atom is -0.392 e. The number of aliphatic hydroxyl groups excluding tert-OH is 1. The molecule has 1 aliphatic rings. The van der Waals surface area contributed by atoms with Gasteiger partial charge in [-0.05, 0) is 23.1 Å². The van der Waals surface area contributed by atoms with Crippen LogP contribution < -0.4 is 5.32 Å². The molecule has 1 amide bonds. The third-order valence-corrected chi connectivity index (χ3v) is 4.29. The van der Waals surface area contributed by atoms with Crippen molar-refractivity contribution in [2.75, 3.05) is 13.6 Å². The number of nitrogens with zero attached hydrogens (tertiary/aromatic N) is 1. The molecule has 2 N–H and O–H groups in total. The van der Waals surface area contributed by atoms with Crippen molar-refractivity contribution in [2.45, 2.75) is 25.1 Å². The molecular weight excluding hydrogens is 288 g/mol. The molecule has 120 valence electrons. The molecule has 2 aromatic carbocycles. The summed E-state index contributed by atoms with van der Waals surface area (Å²) in [5.74, 6) is 0.0319. The van der Waals surface area contributed by atoms with E-state index in [0.717, 1.165) is 16.7 Å². The van der Waals surface area contributed by atoms with Crippen molar-refractivity contribution in [3.63, 3.8) is 0 Å². The van der Waals surface area contributed by atoms with Crippen LogP contribution in [0.15, 0.2) is 54.6 Å². The minimum atomic E-state index is -0.422. The molecule has 1 heterocycles. The van der Waals surface area contributed by atoms with Gasteiger partial charge in [-0.1, -0.05) is 54.6 Å². The molecule has 2 atom stereocenters. The third kappa shape index (κ3) is 3.60. The fourth-order valence-corrected chi connectivity index (χ4v) is 3.06. The second kappa shape index (κ2) is 6.94. The molecule has 1 saturated heterocycles. The minimum absolute atomic E-state index is 0.0319. The Labute approximate surface area is 136 Å². The lowest BCUT2D eigenvalue weighted by atomic mass is 9.99. The first kappa shape index (κ1) is 15.7. The van der Waals surface area contributed by atoms with Crippen LogP contribution in [0.1, 0.15) is 12.0 Å². The van der Waals surface area contributed by atoms with Gasteiger partial charge in [-0.2, -0.15) is 0 Å². The van der Waals surface area contributed by atoms with E-state index < -0.39 is 6.10 Å². The molecule has 1 fully saturated rings. The van der Waals surface area contributed by atoms with Crippen LogP contribution in [0, 0.1) is 0 Å². The Balaban J connectivity index is 1.76. The highest BCUT2D eigenvalue weighted by Crippen LogP contribution is 2.24. The number of amides is 1. The molecule has 0 aliphatic carbocycles. The van der Waals surface area contributed by atoms with Crippen molar-refractivity contribution in [3.8, 4) is 11.1 Å². The third-order valence-electron chi connectivity index (χ3n) is 4.29. The van der Waals surface area contributed by atoms with E-state index in [-0.39, 0.29) is 11.9 Å². The van der Waals surface area contributed by atoms with Crippen LogP contribution >= 0.6 is 0 Å². The molecule has 0 radical (unpaired) electrons. The smallest absolute Gasteiger partial charge is 0.239 e. The number of likely N-dealkylation sites (N-methyl/N-ethyl adjacent to an activating group) is 1. The van der Waals surface area contributed by atoms with Crippen molar-refractivity contribution in [1.29, 1.82) is 0 Å². The fourth-order valence-electron chi connectivity index (χ4n) is 3.06. The summed E-state index contributed by atoms with van der Waals surface area (Å²) in [6, 6.07) is 18.1. The SMILES string of the molecule is CN(Cc1ccccc1-c1ccccc1)C(=O)C1CC(O)CN1. The number of hydrogen-bond donors (Lipinski definition) is 2. The topological polar surface area (TPSA) is 52.6 Å². The second-order valence-electron chi connectivity index (χ2n) is 6.07. The summed E-state index contributed by atoms with van der Waals surface area (Å²) in [4.78, 5) is 14.2. The fraction of sp³-hybridized carbons (Fsp3) is 0.316. The Morgan fingerprint density at radius 2 is 1.87 bits per heavy atom. The van der Waals surface area contributed by atoms with Crippen molar-refractivity contribution in [2.24, 2.45) is 0 Å². The average Bonchev–Trinajstić information content (AvgIpc) is 3.02. The molecule has 0 bridgehead atoms. The molecule has 4 nitrogen and oxygen atoms in total. The lowest BCUT2D eigenvalue weighted by Crippen LogP contribution is -2.41. The molecule has 0 aromatic heterocycles. The summed E-state index contributed by atoms with van der Waals surface area (Å²) in [6.45, 7) is 1.04. The number of benzene rings is 2. The largest absolute Gasteiger partial charge is 0.392 e. The Morgan fingerprint density at radius 1 is 1.17 bits per heavy atom. The monoisotopic (exact) mass is 310 g/mol. The maximum atomic E-state index is 12.5. The highest BCUT2D eigenvalue weighted by Gasteiger charge is 2.30. The normalized spacial score (nSPS) is 20.4. The predicted octanol–water partition coefficient (Wildman–Crippen LogP) is 2.03. The highest BCUT2D eigenvalue weighted by atomic mass is 16.3. The maximum Gasteiger partial charge on any atom is 0.239 e. The molecule has 3 rings (SSSR count). The molecule has 0 saturated carbocycles. The van der Waals surface area contributed by atoms with Crippen molar-refractivity contribution in [3.05, 3.63) is 60.2 Å². The van der Waals surface area contributed by atoms with Crippen LogP contribution in [-0.4, -0.2) is 41.7 Å². The molecule has 4 heteroatoms. The summed E-state index contributed by atoms with van der Waals surface area (Å²) < 4.78 is 0. The first-order valence-electron chi connectivity index (χ1n) is 7.95. The zero-order valence-electron chi connectivity index (χ0n) is 13.3. The number of rotatable bonds is 4. The summed E-state index contributed by atoms with van der Waals surface area (Å²) in [5.41, 5.74) is 3.42.